The van der Waals surface area contributed by atoms with Crippen LogP contribution in [0.5, 0.6) is 0 Å². The Labute approximate surface area is 174 Å². The lowest BCUT2D eigenvalue weighted by Gasteiger charge is -2.33. The normalized spacial score (nSPS) is 20.6. The summed E-state index contributed by atoms with van der Waals surface area (Å²) in [5.74, 6) is -3.83. The first-order valence-corrected chi connectivity index (χ1v) is 9.97. The molecule has 1 aliphatic carbocycles. The van der Waals surface area contributed by atoms with Gasteiger partial charge < -0.3 is 14.3 Å². The highest BCUT2D eigenvalue weighted by Crippen LogP contribution is 2.47. The van der Waals surface area contributed by atoms with Crippen molar-refractivity contribution in [3.05, 3.63) is 65.7 Å². The zero-order valence-corrected chi connectivity index (χ0v) is 16.2. The van der Waals surface area contributed by atoms with Crippen molar-refractivity contribution in [3.8, 4) is 0 Å². The van der Waals surface area contributed by atoms with Crippen LogP contribution in [-0.2, 0) is 6.42 Å². The Morgan fingerprint density at radius 2 is 2.13 bits per heavy atom. The number of aromatic amines is 1. The lowest BCUT2D eigenvalue weighted by atomic mass is 9.81. The topological polar surface area (TPSA) is 105 Å². The summed E-state index contributed by atoms with van der Waals surface area (Å²) in [6.07, 6.45) is 3.34. The molecule has 1 atom stereocenters. The number of aromatic nitrogens is 6. The number of hydrogen-bond acceptors (Lipinski definition) is 6. The molecule has 158 valence electrons. The average molecular weight is 425 g/mol. The fourth-order valence-electron chi connectivity index (χ4n) is 4.33. The fraction of sp³-hybridized carbons (Fsp3) is 0.350. The monoisotopic (exact) mass is 425 g/mol. The summed E-state index contributed by atoms with van der Waals surface area (Å²) in [5.41, 5.74) is 3.19. The van der Waals surface area contributed by atoms with Crippen LogP contribution in [0.2, 0.25) is 0 Å². The maximum absolute atomic E-state index is 13.3. The molecule has 2 aliphatic rings. The van der Waals surface area contributed by atoms with E-state index in [2.05, 4.69) is 25.3 Å². The fourth-order valence-corrected chi connectivity index (χ4v) is 4.33. The number of hydrogen-bond donors (Lipinski definition) is 1. The molecule has 31 heavy (non-hydrogen) atoms. The predicted octanol–water partition coefficient (Wildman–Crippen LogP) is 2.74. The Morgan fingerprint density at radius 1 is 1.26 bits per heavy atom. The van der Waals surface area contributed by atoms with Gasteiger partial charge in [0.15, 0.2) is 0 Å². The van der Waals surface area contributed by atoms with Crippen molar-refractivity contribution in [1.82, 2.24) is 34.7 Å². The maximum atomic E-state index is 13.3. The second kappa shape index (κ2) is 6.43. The first kappa shape index (κ1) is 18.2. The smallest absolute Gasteiger partial charge is 0.312 e. The van der Waals surface area contributed by atoms with Crippen molar-refractivity contribution in [3.63, 3.8) is 0 Å². The summed E-state index contributed by atoms with van der Waals surface area (Å²) in [5, 5.41) is 12.3. The third-order valence-electron chi connectivity index (χ3n) is 5.92. The zero-order valence-electron chi connectivity index (χ0n) is 16.2. The van der Waals surface area contributed by atoms with Crippen LogP contribution in [-0.4, -0.2) is 53.1 Å². The summed E-state index contributed by atoms with van der Waals surface area (Å²) in [6.45, 7) is 0.395. The number of imidazole rings is 1. The molecule has 0 aromatic carbocycles. The molecule has 0 spiro atoms. The van der Waals surface area contributed by atoms with Gasteiger partial charge in [0, 0.05) is 43.6 Å². The van der Waals surface area contributed by atoms with E-state index in [1.54, 1.807) is 15.7 Å². The number of carbonyl (C=O) groups is 1. The van der Waals surface area contributed by atoms with Crippen molar-refractivity contribution in [2.24, 2.45) is 0 Å². The number of pyridine rings is 1. The molecule has 1 fully saturated rings. The van der Waals surface area contributed by atoms with E-state index in [-0.39, 0.29) is 24.6 Å². The van der Waals surface area contributed by atoms with Gasteiger partial charge in [0.25, 0.3) is 0 Å². The van der Waals surface area contributed by atoms with Gasteiger partial charge in [-0.1, -0.05) is 6.07 Å². The largest absolute Gasteiger partial charge is 0.417 e. The van der Waals surface area contributed by atoms with E-state index < -0.39 is 23.8 Å². The number of halogens is 2. The van der Waals surface area contributed by atoms with Crippen LogP contribution < -0.4 is 0 Å². The summed E-state index contributed by atoms with van der Waals surface area (Å²) in [6, 6.07) is 7.08. The van der Waals surface area contributed by atoms with Gasteiger partial charge in [-0.05, 0) is 18.2 Å². The van der Waals surface area contributed by atoms with Gasteiger partial charge in [-0.2, -0.15) is 5.10 Å². The standard InChI is InChI=1S/C20H17F2N7O2/c21-20(22)8-11(9-20)17-25-26-18(31-17)19(30)28-6-4-13-15(24-10-23-13)16(28)14-7-12-3-1-2-5-29(12)27-14/h1-3,5,7,10-11,16H,4,6,8-9H2,(H,23,24). The SMILES string of the molecule is O=C(c1nnc(C2CC(F)(F)C2)o1)N1CCc2[nH]cnc2C1c1cc2ccccn2n1. The summed E-state index contributed by atoms with van der Waals surface area (Å²) < 4.78 is 33.6. The molecule has 1 amide bonds. The van der Waals surface area contributed by atoms with E-state index in [4.69, 9.17) is 4.42 Å². The van der Waals surface area contributed by atoms with Crippen LogP contribution >= 0.6 is 0 Å². The lowest BCUT2D eigenvalue weighted by molar-refractivity contribution is -0.0919. The molecule has 1 saturated carbocycles. The number of amides is 1. The third kappa shape index (κ3) is 2.91. The molecule has 4 aromatic heterocycles. The Morgan fingerprint density at radius 3 is 2.94 bits per heavy atom. The number of carbonyl (C=O) groups excluding carboxylic acids is 1. The van der Waals surface area contributed by atoms with Crippen LogP contribution in [0.15, 0.2) is 41.2 Å². The molecule has 0 saturated heterocycles. The third-order valence-corrected chi connectivity index (χ3v) is 5.92. The number of nitrogens with one attached hydrogen (secondary N) is 1. The number of nitrogens with zero attached hydrogens (tertiary/aromatic N) is 6. The lowest BCUT2D eigenvalue weighted by Crippen LogP contribution is -2.41. The molecule has 11 heteroatoms. The molecule has 5 heterocycles. The molecule has 9 nitrogen and oxygen atoms in total. The minimum absolute atomic E-state index is 0.0797. The molecule has 1 unspecified atom stereocenters. The van der Waals surface area contributed by atoms with Crippen molar-refractivity contribution >= 4 is 11.4 Å². The predicted molar refractivity (Wildman–Crippen MR) is 102 cm³/mol. The van der Waals surface area contributed by atoms with E-state index in [1.807, 2.05) is 30.5 Å². The summed E-state index contributed by atoms with van der Waals surface area (Å²) in [4.78, 5) is 22.5. The van der Waals surface area contributed by atoms with Crippen molar-refractivity contribution in [2.75, 3.05) is 6.54 Å². The van der Waals surface area contributed by atoms with Crippen molar-refractivity contribution < 1.29 is 18.0 Å². The average Bonchev–Trinajstić information content (AvgIpc) is 3.49. The number of alkyl halides is 2. The molecule has 0 bridgehead atoms. The van der Waals surface area contributed by atoms with Crippen LogP contribution in [0.3, 0.4) is 0 Å². The molecule has 0 radical (unpaired) electrons. The Bertz CT molecular complexity index is 1250. The Kier molecular flexibility index (Phi) is 3.77. The minimum Gasteiger partial charge on any atom is -0.417 e. The highest BCUT2D eigenvalue weighted by Gasteiger charge is 2.49. The number of rotatable bonds is 3. The van der Waals surface area contributed by atoms with Crippen LogP contribution in [0.25, 0.3) is 5.52 Å². The van der Waals surface area contributed by atoms with E-state index in [9.17, 15) is 13.6 Å². The Hall–Kier alpha value is -3.63. The van der Waals surface area contributed by atoms with Crippen LogP contribution in [0, 0.1) is 0 Å². The zero-order chi connectivity index (χ0) is 21.2. The minimum atomic E-state index is -2.71. The highest BCUT2D eigenvalue weighted by atomic mass is 19.3. The quantitative estimate of drug-likeness (QED) is 0.541. The molecule has 1 N–H and O–H groups in total. The van der Waals surface area contributed by atoms with Crippen LogP contribution in [0.1, 0.15) is 58.5 Å². The first-order chi connectivity index (χ1) is 15.0. The van der Waals surface area contributed by atoms with E-state index in [0.29, 0.717) is 24.4 Å². The molecule has 4 aromatic rings. The van der Waals surface area contributed by atoms with Gasteiger partial charge in [-0.25, -0.2) is 18.3 Å². The van der Waals surface area contributed by atoms with Crippen molar-refractivity contribution in [2.45, 2.75) is 37.1 Å². The molecular weight excluding hydrogens is 408 g/mol. The molecule has 6 rings (SSSR count). The maximum Gasteiger partial charge on any atom is 0.312 e. The Balaban J connectivity index is 1.35. The molecule has 1 aliphatic heterocycles. The second-order valence-electron chi connectivity index (χ2n) is 7.96. The van der Waals surface area contributed by atoms with Gasteiger partial charge in [-0.3, -0.25) is 4.79 Å². The van der Waals surface area contributed by atoms with Gasteiger partial charge in [-0.15, -0.1) is 10.2 Å². The summed E-state index contributed by atoms with van der Waals surface area (Å²) in [7, 11) is 0. The highest BCUT2D eigenvalue weighted by molar-refractivity contribution is 5.90. The number of H-pyrrole nitrogens is 1. The van der Waals surface area contributed by atoms with E-state index in [0.717, 1.165) is 11.2 Å². The van der Waals surface area contributed by atoms with Gasteiger partial charge in [0.1, 0.15) is 6.04 Å². The van der Waals surface area contributed by atoms with E-state index in [1.165, 1.54) is 0 Å². The van der Waals surface area contributed by atoms with Gasteiger partial charge in [0.2, 0.25) is 11.8 Å². The van der Waals surface area contributed by atoms with E-state index >= 15 is 0 Å². The second-order valence-corrected chi connectivity index (χ2v) is 7.96. The van der Waals surface area contributed by atoms with Gasteiger partial charge in [0.05, 0.1) is 23.2 Å². The summed E-state index contributed by atoms with van der Waals surface area (Å²) >= 11 is 0. The van der Waals surface area contributed by atoms with Crippen molar-refractivity contribution in [1.29, 1.82) is 0 Å². The van der Waals surface area contributed by atoms with Gasteiger partial charge >= 0.3 is 11.8 Å². The first-order valence-electron chi connectivity index (χ1n) is 9.97. The van der Waals surface area contributed by atoms with Crippen LogP contribution in [0.4, 0.5) is 8.78 Å². The molecular formula is C20H17F2N7O2. The number of fused-ring (bicyclic) bond motifs is 2.